The van der Waals surface area contributed by atoms with Crippen LogP contribution < -0.4 is 15.4 Å². The van der Waals surface area contributed by atoms with Crippen LogP contribution in [0.4, 0.5) is 0 Å². The number of carbonyl (C=O) groups is 2. The molecule has 0 fully saturated rings. The molecular weight excluding hydrogens is 364 g/mol. The van der Waals surface area contributed by atoms with Gasteiger partial charge in [0.1, 0.15) is 11.8 Å². The summed E-state index contributed by atoms with van der Waals surface area (Å²) in [6, 6.07) is 14.4. The summed E-state index contributed by atoms with van der Waals surface area (Å²) in [7, 11) is 0. The van der Waals surface area contributed by atoms with Gasteiger partial charge in [-0.25, -0.2) is 0 Å². The second kappa shape index (κ2) is 9.59. The minimum absolute atomic E-state index is 0.0256. The number of rotatable bonds is 7. The Labute approximate surface area is 173 Å². The van der Waals surface area contributed by atoms with E-state index in [2.05, 4.69) is 31.4 Å². The summed E-state index contributed by atoms with van der Waals surface area (Å²) in [5, 5.41) is 5.62. The Morgan fingerprint density at radius 2 is 1.59 bits per heavy atom. The molecular formula is C24H32N2O3. The normalized spacial score (nSPS) is 12.4. The van der Waals surface area contributed by atoms with Crippen molar-refractivity contribution < 1.29 is 14.3 Å². The van der Waals surface area contributed by atoms with Gasteiger partial charge in [0.15, 0.2) is 0 Å². The van der Waals surface area contributed by atoms with Gasteiger partial charge in [0, 0.05) is 17.7 Å². The molecule has 0 saturated heterocycles. The number of ether oxygens (including phenoxy) is 1. The highest BCUT2D eigenvalue weighted by Gasteiger charge is 2.18. The lowest BCUT2D eigenvalue weighted by atomic mass is 9.86. The number of hydrogen-bond acceptors (Lipinski definition) is 3. The van der Waals surface area contributed by atoms with Crippen LogP contribution in [0.1, 0.15) is 63.0 Å². The van der Waals surface area contributed by atoms with Crippen molar-refractivity contribution in [3.8, 4) is 5.75 Å². The van der Waals surface area contributed by atoms with Gasteiger partial charge < -0.3 is 15.4 Å². The fraction of sp³-hybridized carbons (Fsp3) is 0.417. The van der Waals surface area contributed by atoms with Crippen molar-refractivity contribution in [3.05, 3.63) is 65.2 Å². The molecule has 2 amide bonds. The van der Waals surface area contributed by atoms with E-state index >= 15 is 0 Å². The topological polar surface area (TPSA) is 67.4 Å². The van der Waals surface area contributed by atoms with E-state index in [0.29, 0.717) is 12.1 Å². The fourth-order valence-electron chi connectivity index (χ4n) is 2.82. The van der Waals surface area contributed by atoms with Crippen LogP contribution in [0.15, 0.2) is 48.5 Å². The Hall–Kier alpha value is -2.82. The van der Waals surface area contributed by atoms with Gasteiger partial charge in [0.2, 0.25) is 5.91 Å². The van der Waals surface area contributed by atoms with Gasteiger partial charge in [-0.3, -0.25) is 9.59 Å². The molecule has 0 heterocycles. The summed E-state index contributed by atoms with van der Waals surface area (Å²) in [5.41, 5.74) is 2.61. The van der Waals surface area contributed by atoms with Gasteiger partial charge in [0.25, 0.3) is 5.91 Å². The third-order valence-electron chi connectivity index (χ3n) is 4.54. The fourth-order valence-corrected chi connectivity index (χ4v) is 2.82. The maximum Gasteiger partial charge on any atom is 0.251 e. The third-order valence-corrected chi connectivity index (χ3v) is 4.54. The van der Waals surface area contributed by atoms with E-state index in [9.17, 15) is 9.59 Å². The molecule has 29 heavy (non-hydrogen) atoms. The SMILES string of the molecule is CC(C)Oc1ccccc1CNC(=O)C(C)NC(=O)c1ccc(C(C)(C)C)cc1. The number of para-hydroxylation sites is 1. The first-order valence-electron chi connectivity index (χ1n) is 10.0. The first-order valence-corrected chi connectivity index (χ1v) is 10.0. The maximum atomic E-state index is 12.5. The average Bonchev–Trinajstić information content (AvgIpc) is 2.66. The summed E-state index contributed by atoms with van der Waals surface area (Å²) < 4.78 is 5.77. The first-order chi connectivity index (χ1) is 13.6. The number of benzene rings is 2. The molecule has 0 aliphatic heterocycles. The van der Waals surface area contributed by atoms with Gasteiger partial charge in [-0.15, -0.1) is 0 Å². The second-order valence-corrected chi connectivity index (χ2v) is 8.51. The lowest BCUT2D eigenvalue weighted by molar-refractivity contribution is -0.122. The summed E-state index contributed by atoms with van der Waals surface area (Å²) in [5.74, 6) is 0.235. The van der Waals surface area contributed by atoms with Gasteiger partial charge in [-0.2, -0.15) is 0 Å². The zero-order chi connectivity index (χ0) is 21.6. The zero-order valence-corrected chi connectivity index (χ0v) is 18.2. The van der Waals surface area contributed by atoms with E-state index in [4.69, 9.17) is 4.74 Å². The molecule has 2 aromatic carbocycles. The average molecular weight is 397 g/mol. The minimum atomic E-state index is -0.650. The van der Waals surface area contributed by atoms with E-state index in [-0.39, 0.29) is 23.3 Å². The molecule has 5 nitrogen and oxygen atoms in total. The molecule has 0 spiro atoms. The Bertz CT molecular complexity index is 836. The number of hydrogen-bond donors (Lipinski definition) is 2. The van der Waals surface area contributed by atoms with Crippen molar-refractivity contribution in [1.82, 2.24) is 10.6 Å². The Morgan fingerprint density at radius 3 is 2.17 bits per heavy atom. The summed E-state index contributed by atoms with van der Waals surface area (Å²) in [6.07, 6.45) is 0.0507. The molecule has 0 aliphatic carbocycles. The van der Waals surface area contributed by atoms with E-state index < -0.39 is 6.04 Å². The van der Waals surface area contributed by atoms with Crippen LogP contribution in [0.2, 0.25) is 0 Å². The molecule has 1 atom stereocenters. The van der Waals surface area contributed by atoms with E-state index in [1.807, 2.05) is 50.2 Å². The van der Waals surface area contributed by atoms with Crippen LogP contribution >= 0.6 is 0 Å². The lowest BCUT2D eigenvalue weighted by Gasteiger charge is -2.19. The quantitative estimate of drug-likeness (QED) is 0.737. The zero-order valence-electron chi connectivity index (χ0n) is 18.2. The monoisotopic (exact) mass is 396 g/mol. The number of carbonyl (C=O) groups excluding carboxylic acids is 2. The standard InChI is InChI=1S/C24H32N2O3/c1-16(2)29-21-10-8-7-9-19(21)15-25-22(27)17(3)26-23(28)18-11-13-20(14-12-18)24(4,5)6/h7-14,16-17H,15H2,1-6H3,(H,25,27)(H,26,28). The van der Waals surface area contributed by atoms with Crippen LogP contribution in [0.25, 0.3) is 0 Å². The predicted octanol–water partition coefficient (Wildman–Crippen LogP) is 4.21. The van der Waals surface area contributed by atoms with E-state index in [0.717, 1.165) is 16.9 Å². The van der Waals surface area contributed by atoms with Gasteiger partial charge in [-0.1, -0.05) is 51.1 Å². The first kappa shape index (κ1) is 22.5. The second-order valence-electron chi connectivity index (χ2n) is 8.51. The molecule has 0 bridgehead atoms. The van der Waals surface area contributed by atoms with Gasteiger partial charge >= 0.3 is 0 Å². The van der Waals surface area contributed by atoms with Gasteiger partial charge in [-0.05, 0) is 49.9 Å². The minimum Gasteiger partial charge on any atom is -0.491 e. The van der Waals surface area contributed by atoms with Crippen molar-refractivity contribution in [2.75, 3.05) is 0 Å². The number of amides is 2. The Morgan fingerprint density at radius 1 is 0.966 bits per heavy atom. The van der Waals surface area contributed by atoms with E-state index in [1.54, 1.807) is 19.1 Å². The van der Waals surface area contributed by atoms with Crippen LogP contribution in [0, 0.1) is 0 Å². The maximum absolute atomic E-state index is 12.5. The third kappa shape index (κ3) is 6.63. The summed E-state index contributed by atoms with van der Waals surface area (Å²) >= 11 is 0. The number of nitrogens with one attached hydrogen (secondary N) is 2. The molecule has 5 heteroatoms. The van der Waals surface area contributed by atoms with Crippen molar-refractivity contribution in [2.45, 2.75) is 65.6 Å². The van der Waals surface area contributed by atoms with Crippen molar-refractivity contribution in [3.63, 3.8) is 0 Å². The largest absolute Gasteiger partial charge is 0.491 e. The molecule has 0 aromatic heterocycles. The van der Waals surface area contributed by atoms with Gasteiger partial charge in [0.05, 0.1) is 6.10 Å². The van der Waals surface area contributed by atoms with Crippen LogP contribution in [0.5, 0.6) is 5.75 Å². The molecule has 0 saturated carbocycles. The molecule has 0 aliphatic rings. The molecule has 2 N–H and O–H groups in total. The lowest BCUT2D eigenvalue weighted by Crippen LogP contribution is -2.44. The Kier molecular flexibility index (Phi) is 7.43. The summed E-state index contributed by atoms with van der Waals surface area (Å²) in [6.45, 7) is 12.3. The molecule has 156 valence electrons. The van der Waals surface area contributed by atoms with Crippen LogP contribution in [0.3, 0.4) is 0 Å². The predicted molar refractivity (Wildman–Crippen MR) is 116 cm³/mol. The highest BCUT2D eigenvalue weighted by Crippen LogP contribution is 2.22. The van der Waals surface area contributed by atoms with Crippen LogP contribution in [-0.2, 0) is 16.8 Å². The molecule has 2 aromatic rings. The molecule has 1 unspecified atom stereocenters. The van der Waals surface area contributed by atoms with Crippen molar-refractivity contribution >= 4 is 11.8 Å². The molecule has 2 rings (SSSR count). The summed E-state index contributed by atoms with van der Waals surface area (Å²) in [4.78, 5) is 24.9. The van der Waals surface area contributed by atoms with E-state index in [1.165, 1.54) is 0 Å². The highest BCUT2D eigenvalue weighted by molar-refractivity contribution is 5.97. The van der Waals surface area contributed by atoms with Crippen molar-refractivity contribution in [2.24, 2.45) is 0 Å². The molecule has 0 radical (unpaired) electrons. The van der Waals surface area contributed by atoms with Crippen LogP contribution in [-0.4, -0.2) is 24.0 Å². The highest BCUT2D eigenvalue weighted by atomic mass is 16.5. The Balaban J connectivity index is 1.93. The van der Waals surface area contributed by atoms with Crippen molar-refractivity contribution in [1.29, 1.82) is 0 Å². The smallest absolute Gasteiger partial charge is 0.251 e.